The first-order chi connectivity index (χ1) is 12.4. The van der Waals surface area contributed by atoms with Gasteiger partial charge in [-0.15, -0.1) is 0 Å². The first-order valence-corrected chi connectivity index (χ1v) is 8.81. The lowest BCUT2D eigenvalue weighted by Crippen LogP contribution is -2.37. The summed E-state index contributed by atoms with van der Waals surface area (Å²) < 4.78 is 13.1. The molecule has 2 unspecified atom stereocenters. The van der Waals surface area contributed by atoms with Crippen molar-refractivity contribution in [2.24, 2.45) is 5.73 Å². The highest BCUT2D eigenvalue weighted by Crippen LogP contribution is 2.35. The minimum absolute atomic E-state index is 0.0326. The normalized spacial score (nSPS) is 19.7. The van der Waals surface area contributed by atoms with Crippen molar-refractivity contribution in [1.82, 2.24) is 9.88 Å². The van der Waals surface area contributed by atoms with Crippen molar-refractivity contribution in [3.05, 3.63) is 70.7 Å². The molecule has 0 saturated carbocycles. The van der Waals surface area contributed by atoms with Gasteiger partial charge in [-0.05, 0) is 75.0 Å². The van der Waals surface area contributed by atoms with Gasteiger partial charge < -0.3 is 15.6 Å². The van der Waals surface area contributed by atoms with E-state index in [1.165, 1.54) is 29.8 Å². The van der Waals surface area contributed by atoms with Crippen LogP contribution >= 0.6 is 0 Å². The van der Waals surface area contributed by atoms with E-state index >= 15 is 0 Å². The van der Waals surface area contributed by atoms with Crippen molar-refractivity contribution in [3.8, 4) is 0 Å². The van der Waals surface area contributed by atoms with E-state index in [9.17, 15) is 9.18 Å². The summed E-state index contributed by atoms with van der Waals surface area (Å²) in [4.78, 5) is 18.4. The van der Waals surface area contributed by atoms with Crippen LogP contribution in [0.3, 0.4) is 0 Å². The van der Waals surface area contributed by atoms with Crippen LogP contribution in [-0.4, -0.2) is 35.8 Å². The van der Waals surface area contributed by atoms with Gasteiger partial charge in [0.1, 0.15) is 5.82 Å². The number of aromatic amines is 1. The van der Waals surface area contributed by atoms with Gasteiger partial charge in [0, 0.05) is 39.8 Å². The predicted molar refractivity (Wildman–Crippen MR) is 101 cm³/mol. The van der Waals surface area contributed by atoms with Gasteiger partial charge in [-0.2, -0.15) is 0 Å². The third kappa shape index (κ3) is 2.83. The molecule has 1 heterocycles. The second-order valence-corrected chi connectivity index (χ2v) is 7.28. The minimum Gasteiger partial charge on any atom is -0.357 e. The summed E-state index contributed by atoms with van der Waals surface area (Å²) in [7, 11) is 4.14. The first-order valence-electron chi connectivity index (χ1n) is 8.81. The molecule has 0 fully saturated rings. The zero-order valence-corrected chi connectivity index (χ0v) is 14.9. The lowest BCUT2D eigenvalue weighted by atomic mass is 9.87. The molecule has 0 saturated heterocycles. The quantitative estimate of drug-likeness (QED) is 0.711. The number of fused-ring (bicyclic) bond motifs is 3. The number of carbonyl (C=O) groups excluding carboxylic acids is 1. The Morgan fingerprint density at radius 3 is 2.54 bits per heavy atom. The van der Waals surface area contributed by atoms with Crippen LogP contribution in [0, 0.1) is 5.82 Å². The topological polar surface area (TPSA) is 62.1 Å². The molecule has 5 heteroatoms. The van der Waals surface area contributed by atoms with E-state index in [1.54, 1.807) is 0 Å². The molecular weight excluding hydrogens is 329 g/mol. The van der Waals surface area contributed by atoms with Crippen LogP contribution in [-0.2, 0) is 6.42 Å². The number of benzene rings is 2. The molecule has 4 nitrogen and oxygen atoms in total. The van der Waals surface area contributed by atoms with Crippen molar-refractivity contribution in [3.63, 3.8) is 0 Å². The number of carbonyl (C=O) groups is 1. The number of hydrogen-bond donors (Lipinski definition) is 2. The molecule has 2 aromatic carbocycles. The van der Waals surface area contributed by atoms with Crippen LogP contribution in [0.4, 0.5) is 4.39 Å². The Labute approximate surface area is 151 Å². The summed E-state index contributed by atoms with van der Waals surface area (Å²) in [6.45, 7) is 0. The Bertz CT molecular complexity index is 975. The summed E-state index contributed by atoms with van der Waals surface area (Å²) in [5.74, 6) is -0.452. The molecule has 0 bridgehead atoms. The summed E-state index contributed by atoms with van der Waals surface area (Å²) >= 11 is 0. The van der Waals surface area contributed by atoms with E-state index in [1.807, 2.05) is 18.2 Å². The van der Waals surface area contributed by atoms with Crippen LogP contribution in [0.1, 0.15) is 39.6 Å². The maximum Gasteiger partial charge on any atom is 0.193 e. The Morgan fingerprint density at radius 1 is 1.15 bits per heavy atom. The number of aromatic nitrogens is 1. The summed E-state index contributed by atoms with van der Waals surface area (Å²) in [6, 6.07) is 11.7. The molecule has 1 aliphatic rings. The second-order valence-electron chi connectivity index (χ2n) is 7.28. The third-order valence-corrected chi connectivity index (χ3v) is 5.37. The molecule has 4 rings (SSSR count). The Morgan fingerprint density at radius 2 is 1.85 bits per heavy atom. The molecule has 0 aliphatic heterocycles. The monoisotopic (exact) mass is 351 g/mol. The molecule has 1 aliphatic carbocycles. The number of nitrogens with zero attached hydrogens (tertiary/aromatic N) is 1. The van der Waals surface area contributed by atoms with Crippen LogP contribution < -0.4 is 5.73 Å². The zero-order valence-electron chi connectivity index (χ0n) is 14.9. The molecule has 134 valence electrons. The largest absolute Gasteiger partial charge is 0.357 e. The Balaban J connectivity index is 1.77. The molecule has 0 amide bonds. The highest BCUT2D eigenvalue weighted by Gasteiger charge is 2.29. The minimum atomic E-state index is -0.347. The van der Waals surface area contributed by atoms with Gasteiger partial charge in [-0.3, -0.25) is 4.79 Å². The van der Waals surface area contributed by atoms with Crippen LogP contribution in [0.5, 0.6) is 0 Å². The van der Waals surface area contributed by atoms with Crippen molar-refractivity contribution in [2.45, 2.75) is 24.9 Å². The van der Waals surface area contributed by atoms with Crippen molar-refractivity contribution in [1.29, 1.82) is 0 Å². The maximum absolute atomic E-state index is 13.1. The average molecular weight is 351 g/mol. The highest BCUT2D eigenvalue weighted by molar-refractivity contribution is 6.10. The van der Waals surface area contributed by atoms with E-state index in [2.05, 4.69) is 24.0 Å². The summed E-state index contributed by atoms with van der Waals surface area (Å²) in [5.41, 5.74) is 10.7. The third-order valence-electron chi connectivity index (χ3n) is 5.37. The highest BCUT2D eigenvalue weighted by atomic mass is 19.1. The number of ketones is 1. The van der Waals surface area contributed by atoms with Crippen LogP contribution in [0.25, 0.3) is 10.9 Å². The molecular formula is C21H22FN3O. The Kier molecular flexibility index (Phi) is 4.13. The molecule has 2 atom stereocenters. The molecule has 26 heavy (non-hydrogen) atoms. The van der Waals surface area contributed by atoms with E-state index in [0.29, 0.717) is 17.2 Å². The number of rotatable bonds is 3. The smallest absolute Gasteiger partial charge is 0.193 e. The fourth-order valence-electron chi connectivity index (χ4n) is 3.84. The van der Waals surface area contributed by atoms with Gasteiger partial charge in [0.15, 0.2) is 5.78 Å². The van der Waals surface area contributed by atoms with Gasteiger partial charge in [0.05, 0.1) is 0 Å². The average Bonchev–Trinajstić information content (AvgIpc) is 3.00. The van der Waals surface area contributed by atoms with Gasteiger partial charge in [0.2, 0.25) is 0 Å². The van der Waals surface area contributed by atoms with Gasteiger partial charge in [-0.25, -0.2) is 4.39 Å². The van der Waals surface area contributed by atoms with E-state index in [4.69, 9.17) is 5.73 Å². The van der Waals surface area contributed by atoms with Crippen LogP contribution in [0.15, 0.2) is 42.5 Å². The SMILES string of the molecule is CN(C)C1Cc2c([nH]c3ccc(C(=O)c4ccc(F)cc4)cc23)C(N)C1. The molecule has 0 spiro atoms. The number of halogens is 1. The fourth-order valence-corrected chi connectivity index (χ4v) is 3.84. The number of H-pyrrole nitrogens is 1. The second kappa shape index (κ2) is 6.34. The number of nitrogens with one attached hydrogen (secondary N) is 1. The molecule has 3 N–H and O–H groups in total. The summed E-state index contributed by atoms with van der Waals surface area (Å²) in [5, 5.41) is 1.05. The first kappa shape index (κ1) is 16.9. The summed E-state index contributed by atoms with van der Waals surface area (Å²) in [6.07, 6.45) is 1.82. The molecule has 1 aromatic heterocycles. The fraction of sp³-hybridized carbons (Fsp3) is 0.286. The van der Waals surface area contributed by atoms with E-state index in [0.717, 1.165) is 29.4 Å². The number of hydrogen-bond acceptors (Lipinski definition) is 3. The maximum atomic E-state index is 13.1. The van der Waals surface area contributed by atoms with Crippen molar-refractivity contribution in [2.75, 3.05) is 14.1 Å². The number of nitrogens with two attached hydrogens (primary N) is 1. The van der Waals surface area contributed by atoms with Gasteiger partial charge in [-0.1, -0.05) is 0 Å². The molecule has 3 aromatic rings. The van der Waals surface area contributed by atoms with Crippen molar-refractivity contribution < 1.29 is 9.18 Å². The predicted octanol–water partition coefficient (Wildman–Crippen LogP) is 3.41. The lowest BCUT2D eigenvalue weighted by Gasteiger charge is -2.31. The van der Waals surface area contributed by atoms with Gasteiger partial charge in [0.25, 0.3) is 0 Å². The van der Waals surface area contributed by atoms with Crippen LogP contribution in [0.2, 0.25) is 0 Å². The standard InChI is InChI=1S/C21H22FN3O/c1-25(2)15-10-17-16-9-13(21(26)12-3-6-14(22)7-4-12)5-8-19(16)24-20(17)18(23)11-15/h3-9,15,18,24H,10-11,23H2,1-2H3. The number of likely N-dealkylation sites (N-methyl/N-ethyl adjacent to an activating group) is 1. The van der Waals surface area contributed by atoms with E-state index < -0.39 is 0 Å². The van der Waals surface area contributed by atoms with E-state index in [-0.39, 0.29) is 17.6 Å². The Hall–Kier alpha value is -2.50. The molecule has 0 radical (unpaired) electrons. The van der Waals surface area contributed by atoms with Crippen molar-refractivity contribution >= 4 is 16.7 Å². The van der Waals surface area contributed by atoms with Gasteiger partial charge >= 0.3 is 0 Å². The zero-order chi connectivity index (χ0) is 18.4. The lowest BCUT2D eigenvalue weighted by molar-refractivity contribution is 0.103.